The van der Waals surface area contributed by atoms with Crippen molar-refractivity contribution in [3.05, 3.63) is 45.4 Å². The smallest absolute Gasteiger partial charge is 0.263 e. The fourth-order valence-electron chi connectivity index (χ4n) is 2.24. The number of hydrogen-bond donors (Lipinski definition) is 1. The molecule has 5 heteroatoms. The minimum absolute atomic E-state index is 0.0530. The lowest BCUT2D eigenvalue weighted by molar-refractivity contribution is 0.0954. The van der Waals surface area contributed by atoms with Gasteiger partial charge in [-0.3, -0.25) is 4.79 Å². The topological polar surface area (TPSA) is 51.2 Å². The van der Waals surface area contributed by atoms with Crippen LogP contribution in [0.3, 0.4) is 0 Å². The Kier molecular flexibility index (Phi) is 3.92. The normalized spacial score (nSPS) is 14.0. The number of carbonyl (C=O) groups excluding carboxylic acids is 1. The molecule has 1 amide bonds. The molecule has 110 valence electrons. The monoisotopic (exact) mass is 302 g/mol. The molecule has 1 aromatic heterocycles. The van der Waals surface area contributed by atoms with Gasteiger partial charge in [0.15, 0.2) is 0 Å². The van der Waals surface area contributed by atoms with Gasteiger partial charge >= 0.3 is 0 Å². The highest BCUT2D eigenvalue weighted by Gasteiger charge is 2.28. The Labute approximate surface area is 128 Å². The second-order valence-corrected chi connectivity index (χ2v) is 6.27. The quantitative estimate of drug-likeness (QED) is 0.922. The molecule has 1 aliphatic rings. The van der Waals surface area contributed by atoms with E-state index >= 15 is 0 Å². The molecule has 1 aromatic carbocycles. The van der Waals surface area contributed by atoms with Gasteiger partial charge in [-0.05, 0) is 25.8 Å². The van der Waals surface area contributed by atoms with Gasteiger partial charge in [-0.1, -0.05) is 18.2 Å². The van der Waals surface area contributed by atoms with Crippen molar-refractivity contribution in [1.29, 1.82) is 0 Å². The zero-order chi connectivity index (χ0) is 14.8. The van der Waals surface area contributed by atoms with Gasteiger partial charge in [-0.25, -0.2) is 4.98 Å². The summed E-state index contributed by atoms with van der Waals surface area (Å²) in [7, 11) is 1.63. The van der Waals surface area contributed by atoms with Crippen LogP contribution in [0.1, 0.15) is 44.7 Å². The van der Waals surface area contributed by atoms with Gasteiger partial charge in [0, 0.05) is 18.0 Å². The summed E-state index contributed by atoms with van der Waals surface area (Å²) >= 11 is 1.53. The van der Waals surface area contributed by atoms with Crippen molar-refractivity contribution in [2.45, 2.75) is 32.2 Å². The van der Waals surface area contributed by atoms with Crippen LogP contribution in [0.4, 0.5) is 0 Å². The minimum atomic E-state index is -0.0530. The van der Waals surface area contributed by atoms with Crippen LogP contribution in [-0.2, 0) is 6.54 Å². The van der Waals surface area contributed by atoms with E-state index in [2.05, 4.69) is 10.3 Å². The number of para-hydroxylation sites is 1. The van der Waals surface area contributed by atoms with Crippen LogP contribution < -0.4 is 10.1 Å². The molecule has 0 atom stereocenters. The van der Waals surface area contributed by atoms with Crippen LogP contribution in [0, 0.1) is 6.92 Å². The zero-order valence-corrected chi connectivity index (χ0v) is 13.0. The van der Waals surface area contributed by atoms with E-state index in [-0.39, 0.29) is 5.91 Å². The van der Waals surface area contributed by atoms with Crippen molar-refractivity contribution in [2.24, 2.45) is 0 Å². The standard InChI is InChI=1S/C16H18N2O2S/c1-10-14(21-16(18-10)11-7-8-11)15(19)17-9-12-5-3-4-6-13(12)20-2/h3-6,11H,7-9H2,1-2H3,(H,17,19). The van der Waals surface area contributed by atoms with Gasteiger partial charge in [-0.2, -0.15) is 0 Å². The van der Waals surface area contributed by atoms with E-state index in [1.54, 1.807) is 7.11 Å². The third-order valence-corrected chi connectivity index (χ3v) is 4.90. The van der Waals surface area contributed by atoms with E-state index in [9.17, 15) is 4.79 Å². The third-order valence-electron chi connectivity index (χ3n) is 3.58. The Morgan fingerprint density at radius 1 is 1.43 bits per heavy atom. The van der Waals surface area contributed by atoms with Crippen LogP contribution in [0.2, 0.25) is 0 Å². The van der Waals surface area contributed by atoms with Crippen LogP contribution in [0.5, 0.6) is 5.75 Å². The molecule has 1 heterocycles. The average Bonchev–Trinajstić information content (AvgIpc) is 3.28. The van der Waals surface area contributed by atoms with Crippen LogP contribution in [0.25, 0.3) is 0 Å². The fourth-order valence-corrected chi connectivity index (χ4v) is 3.39. The van der Waals surface area contributed by atoms with E-state index in [0.717, 1.165) is 26.9 Å². The first-order valence-corrected chi connectivity index (χ1v) is 7.88. The highest BCUT2D eigenvalue weighted by molar-refractivity contribution is 7.13. The number of carbonyl (C=O) groups is 1. The van der Waals surface area contributed by atoms with Gasteiger partial charge in [0.1, 0.15) is 10.6 Å². The first kappa shape index (κ1) is 14.1. The van der Waals surface area contributed by atoms with Crippen molar-refractivity contribution in [1.82, 2.24) is 10.3 Å². The average molecular weight is 302 g/mol. The van der Waals surface area contributed by atoms with Crippen molar-refractivity contribution in [2.75, 3.05) is 7.11 Å². The molecule has 21 heavy (non-hydrogen) atoms. The predicted molar refractivity (Wildman–Crippen MR) is 83.0 cm³/mol. The number of rotatable bonds is 5. The summed E-state index contributed by atoms with van der Waals surface area (Å²) < 4.78 is 5.29. The van der Waals surface area contributed by atoms with E-state index in [0.29, 0.717) is 12.5 Å². The third kappa shape index (κ3) is 3.08. The van der Waals surface area contributed by atoms with Crippen molar-refractivity contribution in [3.8, 4) is 5.75 Å². The lowest BCUT2D eigenvalue weighted by Gasteiger charge is -2.09. The van der Waals surface area contributed by atoms with Crippen LogP contribution >= 0.6 is 11.3 Å². The summed E-state index contributed by atoms with van der Waals surface area (Å²) in [5.41, 5.74) is 1.80. The van der Waals surface area contributed by atoms with Crippen LogP contribution in [-0.4, -0.2) is 18.0 Å². The molecule has 4 nitrogen and oxygen atoms in total. The van der Waals surface area contributed by atoms with Gasteiger partial charge in [0.2, 0.25) is 0 Å². The number of amides is 1. The summed E-state index contributed by atoms with van der Waals surface area (Å²) in [4.78, 5) is 17.6. The molecule has 0 radical (unpaired) electrons. The Morgan fingerprint density at radius 2 is 2.19 bits per heavy atom. The maximum atomic E-state index is 12.3. The Morgan fingerprint density at radius 3 is 2.90 bits per heavy atom. The number of aryl methyl sites for hydroxylation is 1. The molecule has 0 spiro atoms. The largest absolute Gasteiger partial charge is 0.496 e. The summed E-state index contributed by atoms with van der Waals surface area (Å²) in [5.74, 6) is 1.32. The molecule has 2 aromatic rings. The molecule has 1 N–H and O–H groups in total. The number of methoxy groups -OCH3 is 1. The Balaban J connectivity index is 1.68. The van der Waals surface area contributed by atoms with E-state index in [4.69, 9.17) is 4.74 Å². The molecular formula is C16H18N2O2S. The molecule has 0 saturated heterocycles. The number of ether oxygens (including phenoxy) is 1. The van der Waals surface area contributed by atoms with Gasteiger partial charge in [-0.15, -0.1) is 11.3 Å². The SMILES string of the molecule is COc1ccccc1CNC(=O)c1sc(C2CC2)nc1C. The van der Waals surface area contributed by atoms with Crippen molar-refractivity contribution in [3.63, 3.8) is 0 Å². The number of aromatic nitrogens is 1. The first-order valence-electron chi connectivity index (χ1n) is 7.06. The number of benzene rings is 1. The lowest BCUT2D eigenvalue weighted by atomic mass is 10.2. The molecule has 1 saturated carbocycles. The van der Waals surface area contributed by atoms with E-state index in [1.807, 2.05) is 31.2 Å². The van der Waals surface area contributed by atoms with E-state index < -0.39 is 0 Å². The second kappa shape index (κ2) is 5.85. The highest BCUT2D eigenvalue weighted by Crippen LogP contribution is 2.42. The Bertz CT molecular complexity index is 662. The number of thiazole rings is 1. The molecular weight excluding hydrogens is 284 g/mol. The molecule has 0 unspecified atom stereocenters. The predicted octanol–water partition coefficient (Wildman–Crippen LogP) is 3.27. The van der Waals surface area contributed by atoms with Crippen LogP contribution in [0.15, 0.2) is 24.3 Å². The molecule has 3 rings (SSSR count). The first-order chi connectivity index (χ1) is 10.2. The van der Waals surface area contributed by atoms with Gasteiger partial charge in [0.05, 0.1) is 17.8 Å². The zero-order valence-electron chi connectivity index (χ0n) is 12.2. The van der Waals surface area contributed by atoms with E-state index in [1.165, 1.54) is 24.2 Å². The second-order valence-electron chi connectivity index (χ2n) is 5.24. The minimum Gasteiger partial charge on any atom is -0.496 e. The molecule has 0 aliphatic heterocycles. The fraction of sp³-hybridized carbons (Fsp3) is 0.375. The molecule has 1 fully saturated rings. The lowest BCUT2D eigenvalue weighted by Crippen LogP contribution is -2.22. The maximum Gasteiger partial charge on any atom is 0.263 e. The number of nitrogens with one attached hydrogen (secondary N) is 1. The summed E-state index contributed by atoms with van der Waals surface area (Å²) in [5, 5.41) is 4.06. The molecule has 0 bridgehead atoms. The number of nitrogens with zero attached hydrogens (tertiary/aromatic N) is 1. The summed E-state index contributed by atoms with van der Waals surface area (Å²) in [6.45, 7) is 2.36. The Hall–Kier alpha value is -1.88. The molecule has 1 aliphatic carbocycles. The van der Waals surface area contributed by atoms with Gasteiger partial charge in [0.25, 0.3) is 5.91 Å². The van der Waals surface area contributed by atoms with Crippen molar-refractivity contribution < 1.29 is 9.53 Å². The van der Waals surface area contributed by atoms with Crippen molar-refractivity contribution >= 4 is 17.2 Å². The highest BCUT2D eigenvalue weighted by atomic mass is 32.1. The number of hydrogen-bond acceptors (Lipinski definition) is 4. The maximum absolute atomic E-state index is 12.3. The summed E-state index contributed by atoms with van der Waals surface area (Å²) in [6.07, 6.45) is 2.41. The summed E-state index contributed by atoms with van der Waals surface area (Å²) in [6, 6.07) is 7.70. The van der Waals surface area contributed by atoms with Gasteiger partial charge < -0.3 is 10.1 Å².